The fraction of sp³-hybridized carbons (Fsp3) is 0.357. The second-order valence-electron chi connectivity index (χ2n) is 4.34. The minimum absolute atomic E-state index is 0.0514. The summed E-state index contributed by atoms with van der Waals surface area (Å²) in [5.41, 5.74) is 6.89. The molecule has 1 aliphatic heterocycles. The number of aryl methyl sites for hydroxylation is 1. The molecule has 2 N–H and O–H groups in total. The van der Waals surface area contributed by atoms with Crippen molar-refractivity contribution < 1.29 is 4.74 Å². The van der Waals surface area contributed by atoms with E-state index >= 15 is 0 Å². The van der Waals surface area contributed by atoms with Gasteiger partial charge in [0, 0.05) is 22.1 Å². The van der Waals surface area contributed by atoms with Crippen molar-refractivity contribution in [2.24, 2.45) is 5.73 Å². The fourth-order valence-corrected chi connectivity index (χ4v) is 4.28. The van der Waals surface area contributed by atoms with Crippen molar-refractivity contribution in [2.45, 2.75) is 30.9 Å². The van der Waals surface area contributed by atoms with Crippen LogP contribution in [-0.2, 0) is 13.0 Å². The number of thioether (sulfide) groups is 1. The molecular formula is C14H16N2OS2. The van der Waals surface area contributed by atoms with E-state index in [9.17, 15) is 0 Å². The summed E-state index contributed by atoms with van der Waals surface area (Å²) in [6.07, 6.45) is 0.981. The number of nitrogens with zero attached hydrogens (tertiary/aromatic N) is 1. The van der Waals surface area contributed by atoms with Crippen molar-refractivity contribution in [3.63, 3.8) is 0 Å². The van der Waals surface area contributed by atoms with Crippen molar-refractivity contribution in [1.29, 1.82) is 0 Å². The van der Waals surface area contributed by atoms with Crippen LogP contribution in [-0.4, -0.2) is 10.7 Å². The summed E-state index contributed by atoms with van der Waals surface area (Å²) in [6, 6.07) is 8.17. The normalized spacial score (nSPS) is 17.9. The van der Waals surface area contributed by atoms with E-state index in [-0.39, 0.29) is 6.10 Å². The van der Waals surface area contributed by atoms with Gasteiger partial charge in [-0.25, -0.2) is 4.98 Å². The lowest BCUT2D eigenvalue weighted by molar-refractivity contribution is 0.219. The van der Waals surface area contributed by atoms with Crippen molar-refractivity contribution in [1.82, 2.24) is 4.98 Å². The van der Waals surface area contributed by atoms with E-state index in [0.29, 0.717) is 6.54 Å². The molecule has 100 valence electrons. The van der Waals surface area contributed by atoms with Crippen LogP contribution < -0.4 is 10.5 Å². The van der Waals surface area contributed by atoms with E-state index in [1.165, 1.54) is 9.77 Å². The van der Waals surface area contributed by atoms with Gasteiger partial charge in [0.15, 0.2) is 6.10 Å². The van der Waals surface area contributed by atoms with Crippen molar-refractivity contribution in [3.8, 4) is 5.75 Å². The highest BCUT2D eigenvalue weighted by atomic mass is 32.2. The number of thiazole rings is 1. The highest BCUT2D eigenvalue weighted by Gasteiger charge is 2.25. The van der Waals surface area contributed by atoms with Crippen LogP contribution in [0.15, 0.2) is 29.2 Å². The quantitative estimate of drug-likeness (QED) is 0.942. The van der Waals surface area contributed by atoms with Gasteiger partial charge in [0.2, 0.25) is 0 Å². The zero-order valence-corrected chi connectivity index (χ0v) is 12.4. The first kappa shape index (κ1) is 13.0. The summed E-state index contributed by atoms with van der Waals surface area (Å²) in [5, 5.41) is 1.05. The lowest BCUT2D eigenvalue weighted by Gasteiger charge is -2.23. The van der Waals surface area contributed by atoms with E-state index in [1.54, 1.807) is 11.3 Å². The minimum atomic E-state index is 0.0514. The number of fused-ring (bicyclic) bond motifs is 1. The van der Waals surface area contributed by atoms with Crippen LogP contribution in [0.1, 0.15) is 28.6 Å². The Bertz CT molecular complexity index is 561. The van der Waals surface area contributed by atoms with Crippen LogP contribution in [0.2, 0.25) is 0 Å². The Balaban J connectivity index is 1.86. The van der Waals surface area contributed by atoms with Crippen LogP contribution in [0.25, 0.3) is 0 Å². The van der Waals surface area contributed by atoms with Crippen molar-refractivity contribution in [3.05, 3.63) is 39.8 Å². The molecule has 1 unspecified atom stereocenters. The SMILES string of the molecule is CCc1nc(C2CSc3ccccc3O2)sc1CN. The Morgan fingerprint density at radius 1 is 1.42 bits per heavy atom. The average molecular weight is 292 g/mol. The van der Waals surface area contributed by atoms with E-state index < -0.39 is 0 Å². The predicted molar refractivity (Wildman–Crippen MR) is 79.9 cm³/mol. The van der Waals surface area contributed by atoms with E-state index in [0.717, 1.165) is 28.6 Å². The smallest absolute Gasteiger partial charge is 0.159 e. The molecule has 3 rings (SSSR count). The molecule has 0 radical (unpaired) electrons. The number of aromatic nitrogens is 1. The minimum Gasteiger partial charge on any atom is -0.481 e. The monoisotopic (exact) mass is 292 g/mol. The Morgan fingerprint density at radius 3 is 3.00 bits per heavy atom. The Morgan fingerprint density at radius 2 is 2.26 bits per heavy atom. The number of para-hydroxylation sites is 1. The topological polar surface area (TPSA) is 48.1 Å². The summed E-state index contributed by atoms with van der Waals surface area (Å²) in [6.45, 7) is 2.68. The molecule has 2 aromatic rings. The molecule has 1 aromatic heterocycles. The van der Waals surface area contributed by atoms with Gasteiger partial charge >= 0.3 is 0 Å². The first-order chi connectivity index (χ1) is 9.31. The lowest BCUT2D eigenvalue weighted by Crippen LogP contribution is -2.14. The molecule has 0 fully saturated rings. The Hall–Kier alpha value is -1.04. The second kappa shape index (κ2) is 5.53. The molecule has 1 aromatic carbocycles. The summed E-state index contributed by atoms with van der Waals surface area (Å²) >= 11 is 3.52. The lowest BCUT2D eigenvalue weighted by atomic mass is 10.3. The van der Waals surface area contributed by atoms with Gasteiger partial charge in [0.1, 0.15) is 10.8 Å². The van der Waals surface area contributed by atoms with Crippen LogP contribution in [0, 0.1) is 0 Å². The van der Waals surface area contributed by atoms with Gasteiger partial charge in [0.05, 0.1) is 5.69 Å². The van der Waals surface area contributed by atoms with E-state index in [1.807, 2.05) is 30.0 Å². The van der Waals surface area contributed by atoms with E-state index in [2.05, 4.69) is 13.0 Å². The summed E-state index contributed by atoms with van der Waals surface area (Å²) in [4.78, 5) is 7.09. The van der Waals surface area contributed by atoms with Gasteiger partial charge in [-0.05, 0) is 18.6 Å². The molecule has 0 aliphatic carbocycles. The van der Waals surface area contributed by atoms with Gasteiger partial charge in [-0.2, -0.15) is 0 Å². The predicted octanol–water partition coefficient (Wildman–Crippen LogP) is 3.39. The fourth-order valence-electron chi connectivity index (χ4n) is 2.12. The van der Waals surface area contributed by atoms with Crippen LogP contribution in [0.5, 0.6) is 5.75 Å². The van der Waals surface area contributed by atoms with Gasteiger partial charge < -0.3 is 10.5 Å². The van der Waals surface area contributed by atoms with Crippen LogP contribution >= 0.6 is 23.1 Å². The zero-order chi connectivity index (χ0) is 13.2. The average Bonchev–Trinajstić information content (AvgIpc) is 2.90. The van der Waals surface area contributed by atoms with Crippen LogP contribution in [0.4, 0.5) is 0 Å². The number of hydrogen-bond donors (Lipinski definition) is 1. The molecule has 2 heterocycles. The maximum absolute atomic E-state index is 6.06. The maximum Gasteiger partial charge on any atom is 0.159 e. The molecule has 0 spiro atoms. The molecule has 1 atom stereocenters. The summed E-state index contributed by atoms with van der Waals surface area (Å²) in [7, 11) is 0. The maximum atomic E-state index is 6.06. The highest BCUT2D eigenvalue weighted by molar-refractivity contribution is 7.99. The summed E-state index contributed by atoms with van der Waals surface area (Å²) < 4.78 is 6.06. The number of hydrogen-bond acceptors (Lipinski definition) is 5. The number of ether oxygens (including phenoxy) is 1. The molecular weight excluding hydrogens is 276 g/mol. The molecule has 19 heavy (non-hydrogen) atoms. The third-order valence-electron chi connectivity index (χ3n) is 3.10. The summed E-state index contributed by atoms with van der Waals surface area (Å²) in [5.74, 6) is 1.88. The largest absolute Gasteiger partial charge is 0.481 e. The highest BCUT2D eigenvalue weighted by Crippen LogP contribution is 2.41. The molecule has 0 saturated carbocycles. The molecule has 3 nitrogen and oxygen atoms in total. The van der Waals surface area contributed by atoms with Gasteiger partial charge in [0.25, 0.3) is 0 Å². The Labute approximate surface area is 121 Å². The zero-order valence-electron chi connectivity index (χ0n) is 10.8. The van der Waals surface area contributed by atoms with Crippen molar-refractivity contribution in [2.75, 3.05) is 5.75 Å². The third kappa shape index (κ3) is 2.50. The second-order valence-corrected chi connectivity index (χ2v) is 6.52. The number of benzene rings is 1. The van der Waals surface area contributed by atoms with Crippen molar-refractivity contribution >= 4 is 23.1 Å². The third-order valence-corrected chi connectivity index (χ3v) is 5.43. The first-order valence-corrected chi connectivity index (χ1v) is 8.19. The van der Waals surface area contributed by atoms with Crippen LogP contribution in [0.3, 0.4) is 0 Å². The van der Waals surface area contributed by atoms with E-state index in [4.69, 9.17) is 15.5 Å². The molecule has 0 bridgehead atoms. The molecule has 0 saturated heterocycles. The standard InChI is InChI=1S/C14H16N2OS2/c1-2-9-13(7-15)19-14(16-9)11-8-18-12-6-4-3-5-10(12)17-11/h3-6,11H,2,7-8,15H2,1H3. The first-order valence-electron chi connectivity index (χ1n) is 6.38. The molecule has 5 heteroatoms. The van der Waals surface area contributed by atoms with Gasteiger partial charge in [-0.3, -0.25) is 0 Å². The molecule has 1 aliphatic rings. The van der Waals surface area contributed by atoms with Gasteiger partial charge in [-0.1, -0.05) is 19.1 Å². The number of nitrogens with two attached hydrogens (primary N) is 1. The molecule has 0 amide bonds. The van der Waals surface area contributed by atoms with Gasteiger partial charge in [-0.15, -0.1) is 23.1 Å². The number of rotatable bonds is 3. The Kier molecular flexibility index (Phi) is 3.77.